The number of rotatable bonds is 3. The molecule has 12 heavy (non-hydrogen) atoms. The molecule has 0 aromatic heterocycles. The van der Waals surface area contributed by atoms with Crippen LogP contribution in [0.1, 0.15) is 5.56 Å². The maximum atomic E-state index is 5.73. The van der Waals surface area contributed by atoms with Crippen molar-refractivity contribution in [3.8, 4) is 11.5 Å². The van der Waals surface area contributed by atoms with Crippen molar-refractivity contribution in [2.45, 2.75) is 5.88 Å². The zero-order chi connectivity index (χ0) is 8.97. The van der Waals surface area contributed by atoms with Crippen LogP contribution >= 0.6 is 11.6 Å². The standard InChI is InChI=1S/C9H11ClO2/c1-11-8-4-3-5-9(12-2)7(8)6-10/h3-5H,6H2,1-2H3. The lowest BCUT2D eigenvalue weighted by Crippen LogP contribution is -1.93. The number of benzene rings is 1. The van der Waals surface area contributed by atoms with Crippen LogP contribution in [0.3, 0.4) is 0 Å². The zero-order valence-corrected chi connectivity index (χ0v) is 7.89. The van der Waals surface area contributed by atoms with E-state index < -0.39 is 0 Å². The molecule has 0 N–H and O–H groups in total. The number of halogens is 1. The highest BCUT2D eigenvalue weighted by Crippen LogP contribution is 2.29. The maximum absolute atomic E-state index is 5.73. The van der Waals surface area contributed by atoms with Crippen LogP contribution < -0.4 is 9.47 Å². The summed E-state index contributed by atoms with van der Waals surface area (Å²) in [5.74, 6) is 1.93. The van der Waals surface area contributed by atoms with Crippen LogP contribution in [0.2, 0.25) is 0 Å². The predicted molar refractivity (Wildman–Crippen MR) is 49.1 cm³/mol. The number of hydrogen-bond donors (Lipinski definition) is 0. The summed E-state index contributed by atoms with van der Waals surface area (Å²) in [6.45, 7) is 0. The van der Waals surface area contributed by atoms with Crippen LogP contribution in [0.4, 0.5) is 0 Å². The van der Waals surface area contributed by atoms with Crippen molar-refractivity contribution in [1.29, 1.82) is 0 Å². The summed E-state index contributed by atoms with van der Waals surface area (Å²) in [7, 11) is 3.23. The van der Waals surface area contributed by atoms with Gasteiger partial charge in [-0.25, -0.2) is 0 Å². The van der Waals surface area contributed by atoms with Gasteiger partial charge in [0.2, 0.25) is 0 Å². The fraction of sp³-hybridized carbons (Fsp3) is 0.333. The molecule has 0 amide bonds. The van der Waals surface area contributed by atoms with Gasteiger partial charge in [0.1, 0.15) is 11.5 Å². The molecule has 0 aliphatic carbocycles. The molecule has 3 heteroatoms. The van der Waals surface area contributed by atoms with Gasteiger partial charge in [-0.3, -0.25) is 0 Å². The molecule has 0 unspecified atom stereocenters. The van der Waals surface area contributed by atoms with Gasteiger partial charge in [-0.2, -0.15) is 0 Å². The molecule has 0 aliphatic heterocycles. The SMILES string of the molecule is COc1cccc(OC)c1CCl. The van der Waals surface area contributed by atoms with Gasteiger partial charge in [0.25, 0.3) is 0 Å². The quantitative estimate of drug-likeness (QED) is 0.676. The molecule has 0 fully saturated rings. The van der Waals surface area contributed by atoms with Crippen LogP contribution in [0, 0.1) is 0 Å². The van der Waals surface area contributed by atoms with Gasteiger partial charge in [-0.05, 0) is 12.1 Å². The minimum absolute atomic E-state index is 0.396. The minimum atomic E-state index is 0.396. The van der Waals surface area contributed by atoms with Crippen LogP contribution in [0.15, 0.2) is 18.2 Å². The zero-order valence-electron chi connectivity index (χ0n) is 7.13. The Hall–Kier alpha value is -0.890. The Labute approximate surface area is 77.1 Å². The Morgan fingerprint density at radius 3 is 2.00 bits per heavy atom. The molecular weight excluding hydrogens is 176 g/mol. The summed E-state index contributed by atoms with van der Waals surface area (Å²) in [4.78, 5) is 0. The molecule has 0 saturated carbocycles. The first-order valence-electron chi connectivity index (χ1n) is 3.59. The highest BCUT2D eigenvalue weighted by molar-refractivity contribution is 6.17. The van der Waals surface area contributed by atoms with E-state index in [-0.39, 0.29) is 0 Å². The highest BCUT2D eigenvalue weighted by Gasteiger charge is 2.06. The third-order valence-corrected chi connectivity index (χ3v) is 1.93. The first-order valence-corrected chi connectivity index (χ1v) is 4.12. The predicted octanol–water partition coefficient (Wildman–Crippen LogP) is 2.44. The molecule has 1 aromatic rings. The molecule has 0 heterocycles. The summed E-state index contributed by atoms with van der Waals surface area (Å²) in [6.07, 6.45) is 0. The maximum Gasteiger partial charge on any atom is 0.126 e. The Balaban J connectivity index is 3.13. The van der Waals surface area contributed by atoms with Gasteiger partial charge in [0, 0.05) is 0 Å². The van der Waals surface area contributed by atoms with Crippen molar-refractivity contribution >= 4 is 11.6 Å². The van der Waals surface area contributed by atoms with E-state index in [0.29, 0.717) is 5.88 Å². The van der Waals surface area contributed by atoms with Crippen LogP contribution in [-0.4, -0.2) is 14.2 Å². The average molecular weight is 187 g/mol. The molecule has 0 atom stereocenters. The molecule has 1 rings (SSSR count). The van der Waals surface area contributed by atoms with Crippen molar-refractivity contribution in [2.24, 2.45) is 0 Å². The Kier molecular flexibility index (Phi) is 3.23. The lowest BCUT2D eigenvalue weighted by molar-refractivity contribution is 0.388. The fourth-order valence-corrected chi connectivity index (χ4v) is 1.32. The largest absolute Gasteiger partial charge is 0.496 e. The second-order valence-electron chi connectivity index (χ2n) is 2.27. The number of ether oxygens (including phenoxy) is 2. The van der Waals surface area contributed by atoms with Gasteiger partial charge in [-0.1, -0.05) is 6.07 Å². The van der Waals surface area contributed by atoms with Crippen molar-refractivity contribution in [2.75, 3.05) is 14.2 Å². The number of methoxy groups -OCH3 is 2. The molecule has 0 bridgehead atoms. The van der Waals surface area contributed by atoms with E-state index in [1.165, 1.54) is 0 Å². The summed E-state index contributed by atoms with van der Waals surface area (Å²) >= 11 is 5.73. The second kappa shape index (κ2) is 4.21. The Morgan fingerprint density at radius 1 is 1.17 bits per heavy atom. The molecule has 0 radical (unpaired) electrons. The van der Waals surface area contributed by atoms with Gasteiger partial charge in [0.05, 0.1) is 25.7 Å². The Bertz CT molecular complexity index is 238. The van der Waals surface area contributed by atoms with Crippen molar-refractivity contribution in [3.05, 3.63) is 23.8 Å². The second-order valence-corrected chi connectivity index (χ2v) is 2.54. The van der Waals surface area contributed by atoms with E-state index in [1.807, 2.05) is 18.2 Å². The van der Waals surface area contributed by atoms with Crippen molar-refractivity contribution < 1.29 is 9.47 Å². The van der Waals surface area contributed by atoms with Crippen LogP contribution in [0.5, 0.6) is 11.5 Å². The minimum Gasteiger partial charge on any atom is -0.496 e. The molecule has 1 aromatic carbocycles. The van der Waals surface area contributed by atoms with E-state index in [4.69, 9.17) is 21.1 Å². The van der Waals surface area contributed by atoms with E-state index in [2.05, 4.69) is 0 Å². The first-order chi connectivity index (χ1) is 5.83. The lowest BCUT2D eigenvalue weighted by Gasteiger charge is -2.09. The molecule has 0 saturated heterocycles. The molecule has 66 valence electrons. The lowest BCUT2D eigenvalue weighted by atomic mass is 10.2. The van der Waals surface area contributed by atoms with E-state index in [1.54, 1.807) is 14.2 Å². The molecule has 0 spiro atoms. The van der Waals surface area contributed by atoms with Gasteiger partial charge >= 0.3 is 0 Å². The summed E-state index contributed by atoms with van der Waals surface area (Å²) in [5, 5.41) is 0. The van der Waals surface area contributed by atoms with E-state index >= 15 is 0 Å². The first kappa shape index (κ1) is 9.20. The summed E-state index contributed by atoms with van der Waals surface area (Å²) in [6, 6.07) is 5.59. The monoisotopic (exact) mass is 186 g/mol. The molecule has 2 nitrogen and oxygen atoms in total. The Morgan fingerprint density at radius 2 is 1.67 bits per heavy atom. The van der Waals surface area contributed by atoms with Crippen molar-refractivity contribution in [3.63, 3.8) is 0 Å². The number of hydrogen-bond acceptors (Lipinski definition) is 2. The highest BCUT2D eigenvalue weighted by atomic mass is 35.5. The van der Waals surface area contributed by atoms with Crippen LogP contribution in [0.25, 0.3) is 0 Å². The average Bonchev–Trinajstić information content (AvgIpc) is 2.16. The number of alkyl halides is 1. The third-order valence-electron chi connectivity index (χ3n) is 1.66. The normalized spacial score (nSPS) is 9.58. The fourth-order valence-electron chi connectivity index (χ4n) is 1.06. The molecular formula is C9H11ClO2. The van der Waals surface area contributed by atoms with Gasteiger partial charge < -0.3 is 9.47 Å². The van der Waals surface area contributed by atoms with Crippen LogP contribution in [-0.2, 0) is 5.88 Å². The summed E-state index contributed by atoms with van der Waals surface area (Å²) < 4.78 is 10.2. The van der Waals surface area contributed by atoms with Gasteiger partial charge in [-0.15, -0.1) is 11.6 Å². The summed E-state index contributed by atoms with van der Waals surface area (Å²) in [5.41, 5.74) is 0.893. The topological polar surface area (TPSA) is 18.5 Å². The van der Waals surface area contributed by atoms with E-state index in [9.17, 15) is 0 Å². The van der Waals surface area contributed by atoms with Gasteiger partial charge in [0.15, 0.2) is 0 Å². The smallest absolute Gasteiger partial charge is 0.126 e. The van der Waals surface area contributed by atoms with E-state index in [0.717, 1.165) is 17.1 Å². The van der Waals surface area contributed by atoms with Crippen molar-refractivity contribution in [1.82, 2.24) is 0 Å². The molecule has 0 aliphatic rings. The third kappa shape index (κ3) is 1.64.